The monoisotopic (exact) mass is 146 g/mol. The minimum Gasteiger partial charge on any atom is -0.371 e. The Balaban J connectivity index is 2.58. The molecular formula is C5H7FN2O2. The van der Waals surface area contributed by atoms with Gasteiger partial charge in [0, 0.05) is 6.20 Å². The summed E-state index contributed by atoms with van der Waals surface area (Å²) in [6.45, 7) is 0. The lowest BCUT2D eigenvalue weighted by Gasteiger charge is -2.38. The number of β-lactam (4-membered cyclic amide) rings is 1. The Morgan fingerprint density at radius 2 is 2.40 bits per heavy atom. The number of hydrogen-bond acceptors (Lipinski definition) is 3. The number of rotatable bonds is 1. The van der Waals surface area contributed by atoms with Crippen molar-refractivity contribution in [3.05, 3.63) is 12.5 Å². The standard InChI is InChI=1S/C5H7FN2O2/c6-1-2-8-4(9)3(7)5(8)10/h1-4,9H,7H2/t3-,4+/m0/s1. The van der Waals surface area contributed by atoms with Crippen LogP contribution in [0.15, 0.2) is 12.5 Å². The van der Waals surface area contributed by atoms with Crippen molar-refractivity contribution in [1.29, 1.82) is 0 Å². The highest BCUT2D eigenvalue weighted by Gasteiger charge is 2.42. The maximum absolute atomic E-state index is 11.4. The van der Waals surface area contributed by atoms with Gasteiger partial charge in [-0.3, -0.25) is 9.69 Å². The molecule has 1 fully saturated rings. The van der Waals surface area contributed by atoms with Crippen molar-refractivity contribution in [3.8, 4) is 0 Å². The molecule has 0 aromatic rings. The van der Waals surface area contributed by atoms with Crippen LogP contribution in [0, 0.1) is 0 Å². The first-order chi connectivity index (χ1) is 4.68. The summed E-state index contributed by atoms with van der Waals surface area (Å²) in [6, 6.07) is -0.892. The molecule has 0 radical (unpaired) electrons. The highest BCUT2D eigenvalue weighted by molar-refractivity contribution is 5.89. The Bertz CT molecular complexity index is 182. The third-order valence-corrected chi connectivity index (χ3v) is 1.36. The molecule has 4 nitrogen and oxygen atoms in total. The number of amides is 1. The van der Waals surface area contributed by atoms with Crippen molar-refractivity contribution < 1.29 is 14.3 Å². The number of carbonyl (C=O) groups is 1. The summed E-state index contributed by atoms with van der Waals surface area (Å²) in [4.78, 5) is 11.4. The molecule has 1 amide bonds. The number of likely N-dealkylation sites (tertiary alicyclic amines) is 1. The first-order valence-corrected chi connectivity index (χ1v) is 2.71. The molecule has 1 heterocycles. The third kappa shape index (κ3) is 0.795. The van der Waals surface area contributed by atoms with Crippen molar-refractivity contribution in [2.45, 2.75) is 12.3 Å². The van der Waals surface area contributed by atoms with Crippen LogP contribution in [0.3, 0.4) is 0 Å². The number of carbonyl (C=O) groups excluding carboxylic acids is 1. The molecule has 0 aromatic carbocycles. The SMILES string of the molecule is N[C@@H]1C(=O)N(C=CF)[C@@H]1O. The summed E-state index contributed by atoms with van der Waals surface area (Å²) in [5, 5.41) is 8.84. The highest BCUT2D eigenvalue weighted by Crippen LogP contribution is 2.15. The van der Waals surface area contributed by atoms with Gasteiger partial charge in [0.05, 0.1) is 0 Å². The maximum Gasteiger partial charge on any atom is 0.250 e. The third-order valence-electron chi connectivity index (χ3n) is 1.36. The zero-order chi connectivity index (χ0) is 7.72. The molecule has 0 saturated carbocycles. The van der Waals surface area contributed by atoms with E-state index in [4.69, 9.17) is 10.8 Å². The van der Waals surface area contributed by atoms with Crippen LogP contribution < -0.4 is 5.73 Å². The summed E-state index contributed by atoms with van der Waals surface area (Å²) in [7, 11) is 0. The minimum absolute atomic E-state index is 0.174. The minimum atomic E-state index is -1.07. The molecule has 0 bridgehead atoms. The van der Waals surface area contributed by atoms with E-state index in [-0.39, 0.29) is 6.33 Å². The van der Waals surface area contributed by atoms with Gasteiger partial charge in [-0.2, -0.15) is 0 Å². The molecule has 0 spiro atoms. The number of nitrogens with zero attached hydrogens (tertiary/aromatic N) is 1. The summed E-state index contributed by atoms with van der Waals surface area (Å²) in [6.07, 6.45) is -0.0527. The Hall–Kier alpha value is -0.940. The second kappa shape index (κ2) is 2.36. The molecular weight excluding hydrogens is 139 g/mol. The largest absolute Gasteiger partial charge is 0.371 e. The van der Waals surface area contributed by atoms with Crippen LogP contribution in [0.1, 0.15) is 0 Å². The normalized spacial score (nSPS) is 33.1. The number of aliphatic hydroxyl groups is 1. The fourth-order valence-corrected chi connectivity index (χ4v) is 0.743. The van der Waals surface area contributed by atoms with Crippen LogP contribution in [0.25, 0.3) is 0 Å². The Morgan fingerprint density at radius 1 is 1.80 bits per heavy atom. The van der Waals surface area contributed by atoms with Crippen molar-refractivity contribution in [2.24, 2.45) is 5.73 Å². The van der Waals surface area contributed by atoms with Crippen LogP contribution in [-0.4, -0.2) is 28.2 Å². The fourth-order valence-electron chi connectivity index (χ4n) is 0.743. The van der Waals surface area contributed by atoms with Gasteiger partial charge in [-0.25, -0.2) is 4.39 Å². The maximum atomic E-state index is 11.4. The topological polar surface area (TPSA) is 66.6 Å². The van der Waals surface area contributed by atoms with Gasteiger partial charge >= 0.3 is 0 Å². The van der Waals surface area contributed by atoms with Crippen molar-refractivity contribution in [1.82, 2.24) is 4.90 Å². The van der Waals surface area contributed by atoms with Gasteiger partial charge in [-0.1, -0.05) is 0 Å². The van der Waals surface area contributed by atoms with E-state index in [1.165, 1.54) is 0 Å². The van der Waals surface area contributed by atoms with E-state index in [9.17, 15) is 9.18 Å². The molecule has 0 aromatic heterocycles. The highest BCUT2D eigenvalue weighted by atomic mass is 19.1. The van der Waals surface area contributed by atoms with Crippen LogP contribution in [-0.2, 0) is 4.79 Å². The van der Waals surface area contributed by atoms with Gasteiger partial charge in [0.25, 0.3) is 0 Å². The molecule has 3 N–H and O–H groups in total. The van der Waals surface area contributed by atoms with Gasteiger partial charge in [0.1, 0.15) is 12.4 Å². The Morgan fingerprint density at radius 3 is 2.80 bits per heavy atom. The molecule has 5 heteroatoms. The zero-order valence-electron chi connectivity index (χ0n) is 5.07. The van der Waals surface area contributed by atoms with E-state index in [1.54, 1.807) is 0 Å². The second-order valence-corrected chi connectivity index (χ2v) is 1.96. The summed E-state index contributed by atoms with van der Waals surface area (Å²) >= 11 is 0. The molecule has 56 valence electrons. The lowest BCUT2D eigenvalue weighted by molar-refractivity contribution is -0.161. The molecule has 1 aliphatic rings. The number of aliphatic hydroxyl groups excluding tert-OH is 1. The zero-order valence-corrected chi connectivity index (χ0v) is 5.07. The number of halogens is 1. The van der Waals surface area contributed by atoms with Gasteiger partial charge in [-0.15, -0.1) is 0 Å². The van der Waals surface area contributed by atoms with Crippen molar-refractivity contribution >= 4 is 5.91 Å². The molecule has 0 unspecified atom stereocenters. The molecule has 1 saturated heterocycles. The van der Waals surface area contributed by atoms with Gasteiger partial charge in [0.15, 0.2) is 6.23 Å². The molecule has 10 heavy (non-hydrogen) atoms. The Labute approximate surface area is 56.7 Å². The second-order valence-electron chi connectivity index (χ2n) is 1.96. The molecule has 0 aliphatic carbocycles. The first-order valence-electron chi connectivity index (χ1n) is 2.71. The van der Waals surface area contributed by atoms with Crippen molar-refractivity contribution in [2.75, 3.05) is 0 Å². The summed E-state index contributed by atoms with van der Waals surface area (Å²) < 4.78 is 11.4. The number of nitrogens with two attached hydrogens (primary N) is 1. The van der Waals surface area contributed by atoms with E-state index in [2.05, 4.69) is 0 Å². The first kappa shape index (κ1) is 7.17. The average Bonchev–Trinajstić information content (AvgIpc) is 1.98. The van der Waals surface area contributed by atoms with Crippen LogP contribution in [0.2, 0.25) is 0 Å². The van der Waals surface area contributed by atoms with E-state index < -0.39 is 18.2 Å². The van der Waals surface area contributed by atoms with E-state index in [0.717, 1.165) is 11.1 Å². The quantitative estimate of drug-likeness (QED) is 0.462. The van der Waals surface area contributed by atoms with Crippen molar-refractivity contribution in [3.63, 3.8) is 0 Å². The van der Waals surface area contributed by atoms with E-state index in [0.29, 0.717) is 0 Å². The van der Waals surface area contributed by atoms with E-state index >= 15 is 0 Å². The predicted octanol–water partition coefficient (Wildman–Crippen LogP) is -1.09. The molecule has 1 rings (SSSR count). The lowest BCUT2D eigenvalue weighted by Crippen LogP contribution is -2.66. The van der Waals surface area contributed by atoms with Crippen LogP contribution in [0.5, 0.6) is 0 Å². The fraction of sp³-hybridized carbons (Fsp3) is 0.400. The van der Waals surface area contributed by atoms with Crippen LogP contribution in [0.4, 0.5) is 4.39 Å². The smallest absolute Gasteiger partial charge is 0.250 e. The predicted molar refractivity (Wildman–Crippen MR) is 31.1 cm³/mol. The van der Waals surface area contributed by atoms with Gasteiger partial charge in [-0.05, 0) is 0 Å². The summed E-state index contributed by atoms with van der Waals surface area (Å²) in [5.41, 5.74) is 5.09. The molecule has 1 aliphatic heterocycles. The number of hydrogen-bond donors (Lipinski definition) is 2. The Kier molecular flexibility index (Phi) is 1.69. The lowest BCUT2D eigenvalue weighted by atomic mass is 10.1. The van der Waals surface area contributed by atoms with Gasteiger partial charge < -0.3 is 10.8 Å². The molecule has 2 atom stereocenters. The van der Waals surface area contributed by atoms with Crippen LogP contribution >= 0.6 is 0 Å². The summed E-state index contributed by atoms with van der Waals surface area (Å²) in [5.74, 6) is -0.471. The van der Waals surface area contributed by atoms with E-state index in [1.807, 2.05) is 0 Å². The average molecular weight is 146 g/mol. The van der Waals surface area contributed by atoms with Gasteiger partial charge in [0.2, 0.25) is 5.91 Å².